The summed E-state index contributed by atoms with van der Waals surface area (Å²) in [6.07, 6.45) is 4.02. The summed E-state index contributed by atoms with van der Waals surface area (Å²) in [5, 5.41) is 5.75. The Bertz CT molecular complexity index is 1280. The standard InChI is InChI=1S/C29H25NOS/c31-29(28-24-14-6-2-10-20(24)21-11-3-7-15-25(21)28)30-26-16-17-27(32-18-8-1-9-19-32)23-13-5-4-12-22(23)26/h2-7,10-17,28H,1,8-9,18-19H2/p+1. The van der Waals surface area contributed by atoms with Crippen LogP contribution in [0.4, 0.5) is 5.69 Å². The molecule has 2 aliphatic rings. The molecule has 0 spiro atoms. The van der Waals surface area contributed by atoms with E-state index in [1.165, 1.54) is 52.2 Å². The average molecular weight is 437 g/mol. The molecule has 1 N–H and O–H groups in total. The van der Waals surface area contributed by atoms with E-state index in [0.29, 0.717) is 10.9 Å². The largest absolute Gasteiger partial charge is 0.325 e. The van der Waals surface area contributed by atoms with Crippen molar-refractivity contribution in [3.63, 3.8) is 0 Å². The number of nitrogens with one attached hydrogen (secondary N) is 1. The van der Waals surface area contributed by atoms with E-state index in [-0.39, 0.29) is 11.8 Å². The van der Waals surface area contributed by atoms with Crippen LogP contribution in [0, 0.1) is 0 Å². The van der Waals surface area contributed by atoms with Crippen LogP contribution in [0.5, 0.6) is 0 Å². The average Bonchev–Trinajstić information content (AvgIpc) is 3.19. The summed E-state index contributed by atoms with van der Waals surface area (Å²) in [7, 11) is 0.322. The number of benzene rings is 4. The highest BCUT2D eigenvalue weighted by atomic mass is 32.2. The van der Waals surface area contributed by atoms with Crippen LogP contribution in [-0.4, -0.2) is 17.4 Å². The molecule has 158 valence electrons. The quantitative estimate of drug-likeness (QED) is 0.354. The van der Waals surface area contributed by atoms with Gasteiger partial charge in [-0.15, -0.1) is 0 Å². The van der Waals surface area contributed by atoms with Gasteiger partial charge in [0.15, 0.2) is 4.90 Å². The molecule has 0 atom stereocenters. The first-order valence-electron chi connectivity index (χ1n) is 11.5. The van der Waals surface area contributed by atoms with Crippen LogP contribution in [0.25, 0.3) is 21.9 Å². The van der Waals surface area contributed by atoms with Gasteiger partial charge in [-0.25, -0.2) is 0 Å². The molecule has 0 saturated carbocycles. The van der Waals surface area contributed by atoms with Crippen LogP contribution in [0.1, 0.15) is 36.3 Å². The van der Waals surface area contributed by atoms with E-state index < -0.39 is 0 Å². The molecule has 6 rings (SSSR count). The number of carbonyl (C=O) groups is 1. The molecule has 3 heteroatoms. The Hall–Kier alpha value is -3.04. The first-order valence-corrected chi connectivity index (χ1v) is 13.1. The SMILES string of the molecule is O=C(Nc1ccc([S+]2CCCCC2)c2ccccc12)C1c2ccccc2-c2ccccc21. The molecule has 32 heavy (non-hydrogen) atoms. The summed E-state index contributed by atoms with van der Waals surface area (Å²) in [4.78, 5) is 15.1. The maximum Gasteiger partial charge on any atom is 0.236 e. The van der Waals surface area contributed by atoms with E-state index in [9.17, 15) is 4.79 Å². The van der Waals surface area contributed by atoms with E-state index in [2.05, 4.69) is 66.0 Å². The second kappa shape index (κ2) is 8.14. The fourth-order valence-corrected chi connectivity index (χ4v) is 7.83. The van der Waals surface area contributed by atoms with Gasteiger partial charge in [-0.05, 0) is 59.7 Å². The third kappa shape index (κ3) is 3.23. The lowest BCUT2D eigenvalue weighted by molar-refractivity contribution is -0.116. The lowest BCUT2D eigenvalue weighted by Gasteiger charge is -2.18. The van der Waals surface area contributed by atoms with Gasteiger partial charge in [0, 0.05) is 27.4 Å². The van der Waals surface area contributed by atoms with Crippen molar-refractivity contribution in [1.82, 2.24) is 0 Å². The lowest BCUT2D eigenvalue weighted by atomic mass is 9.95. The Balaban J connectivity index is 1.38. The van der Waals surface area contributed by atoms with Gasteiger partial charge in [0.25, 0.3) is 0 Å². The zero-order valence-electron chi connectivity index (χ0n) is 18.0. The number of fused-ring (bicyclic) bond motifs is 4. The molecule has 1 saturated heterocycles. The Labute approximate surface area is 192 Å². The maximum absolute atomic E-state index is 13.7. The van der Waals surface area contributed by atoms with Crippen LogP contribution in [-0.2, 0) is 15.7 Å². The van der Waals surface area contributed by atoms with E-state index in [4.69, 9.17) is 0 Å². The van der Waals surface area contributed by atoms with E-state index in [1.54, 1.807) is 0 Å². The van der Waals surface area contributed by atoms with Crippen LogP contribution < -0.4 is 5.32 Å². The molecule has 4 aromatic carbocycles. The second-order valence-corrected chi connectivity index (χ2v) is 11.0. The minimum absolute atomic E-state index is 0.0421. The van der Waals surface area contributed by atoms with Gasteiger partial charge in [0.1, 0.15) is 11.5 Å². The predicted octanol–water partition coefficient (Wildman–Crippen LogP) is 6.75. The fourth-order valence-electron chi connectivity index (χ4n) is 5.33. The number of carbonyl (C=O) groups excluding carboxylic acids is 1. The molecule has 0 aromatic heterocycles. The van der Waals surface area contributed by atoms with Crippen molar-refractivity contribution in [3.8, 4) is 11.1 Å². The maximum atomic E-state index is 13.7. The zero-order chi connectivity index (χ0) is 21.5. The molecule has 2 nitrogen and oxygen atoms in total. The molecule has 1 amide bonds. The molecule has 0 bridgehead atoms. The van der Waals surface area contributed by atoms with Gasteiger partial charge in [-0.2, -0.15) is 0 Å². The number of hydrogen-bond donors (Lipinski definition) is 1. The molecule has 1 aliphatic carbocycles. The summed E-state index contributed by atoms with van der Waals surface area (Å²) in [6, 6.07) is 29.5. The predicted molar refractivity (Wildman–Crippen MR) is 136 cm³/mol. The Morgan fingerprint density at radius 3 is 1.97 bits per heavy atom. The topological polar surface area (TPSA) is 29.1 Å². The molecule has 0 radical (unpaired) electrons. The van der Waals surface area contributed by atoms with Crippen molar-refractivity contribution < 1.29 is 4.79 Å². The Kier molecular flexibility index (Phi) is 4.99. The van der Waals surface area contributed by atoms with Crippen molar-refractivity contribution in [2.24, 2.45) is 0 Å². The van der Waals surface area contributed by atoms with Crippen LogP contribution in [0.15, 0.2) is 89.8 Å². The third-order valence-corrected chi connectivity index (χ3v) is 9.37. The van der Waals surface area contributed by atoms with Crippen molar-refractivity contribution in [2.75, 3.05) is 16.8 Å². The Morgan fingerprint density at radius 2 is 1.28 bits per heavy atom. The number of rotatable bonds is 3. The first kappa shape index (κ1) is 19.6. The van der Waals surface area contributed by atoms with Gasteiger partial charge in [0.2, 0.25) is 5.91 Å². The van der Waals surface area contributed by atoms with Crippen LogP contribution in [0.3, 0.4) is 0 Å². The summed E-state index contributed by atoms with van der Waals surface area (Å²) in [5.74, 6) is 2.36. The molecule has 1 aliphatic heterocycles. The zero-order valence-corrected chi connectivity index (χ0v) is 18.8. The monoisotopic (exact) mass is 436 g/mol. The minimum Gasteiger partial charge on any atom is -0.325 e. The van der Waals surface area contributed by atoms with Gasteiger partial charge in [0.05, 0.1) is 5.92 Å². The number of anilines is 1. The van der Waals surface area contributed by atoms with Gasteiger partial charge in [-0.3, -0.25) is 4.79 Å². The molecular formula is C29H26NOS+. The van der Waals surface area contributed by atoms with Crippen LogP contribution in [0.2, 0.25) is 0 Å². The van der Waals surface area contributed by atoms with Gasteiger partial charge in [-0.1, -0.05) is 66.7 Å². The summed E-state index contributed by atoms with van der Waals surface area (Å²) >= 11 is 0. The van der Waals surface area contributed by atoms with Crippen LogP contribution >= 0.6 is 0 Å². The van der Waals surface area contributed by atoms with E-state index in [0.717, 1.165) is 22.2 Å². The highest BCUT2D eigenvalue weighted by Crippen LogP contribution is 2.45. The number of hydrogen-bond acceptors (Lipinski definition) is 1. The van der Waals surface area contributed by atoms with Gasteiger partial charge >= 0.3 is 0 Å². The molecule has 0 unspecified atom stereocenters. The van der Waals surface area contributed by atoms with E-state index in [1.807, 2.05) is 24.3 Å². The summed E-state index contributed by atoms with van der Waals surface area (Å²) in [5.41, 5.74) is 5.44. The molecule has 4 aromatic rings. The van der Waals surface area contributed by atoms with Crippen molar-refractivity contribution in [1.29, 1.82) is 0 Å². The first-order chi connectivity index (χ1) is 15.8. The van der Waals surface area contributed by atoms with Crippen molar-refractivity contribution in [3.05, 3.63) is 96.1 Å². The molecule has 1 fully saturated rings. The normalized spacial score (nSPS) is 16.0. The van der Waals surface area contributed by atoms with Gasteiger partial charge < -0.3 is 5.32 Å². The summed E-state index contributed by atoms with van der Waals surface area (Å²) in [6.45, 7) is 0. The highest BCUT2D eigenvalue weighted by Gasteiger charge is 2.34. The second-order valence-electron chi connectivity index (χ2n) is 8.72. The van der Waals surface area contributed by atoms with Crippen molar-refractivity contribution >= 4 is 33.3 Å². The molecular weight excluding hydrogens is 410 g/mol. The molecule has 1 heterocycles. The highest BCUT2D eigenvalue weighted by molar-refractivity contribution is 7.97. The lowest BCUT2D eigenvalue weighted by Crippen LogP contribution is -2.21. The van der Waals surface area contributed by atoms with Crippen molar-refractivity contribution in [2.45, 2.75) is 30.1 Å². The smallest absolute Gasteiger partial charge is 0.236 e. The Morgan fingerprint density at radius 1 is 0.688 bits per heavy atom. The third-order valence-electron chi connectivity index (χ3n) is 6.83. The minimum atomic E-state index is -0.277. The summed E-state index contributed by atoms with van der Waals surface area (Å²) < 4.78 is 0. The fraction of sp³-hybridized carbons (Fsp3) is 0.207. The van der Waals surface area contributed by atoms with E-state index >= 15 is 0 Å². The number of amides is 1.